The third-order valence-electron chi connectivity index (χ3n) is 5.48. The quantitative estimate of drug-likeness (QED) is 0.365. The predicted molar refractivity (Wildman–Crippen MR) is 129 cm³/mol. The molecule has 4 rings (SSSR count). The minimum atomic E-state index is -4.59. The Labute approximate surface area is 205 Å². The normalized spacial score (nSPS) is 11.1. The highest BCUT2D eigenvalue weighted by molar-refractivity contribution is 6.04. The molecule has 2 aromatic carbocycles. The lowest BCUT2D eigenvalue weighted by Gasteiger charge is -2.14. The van der Waals surface area contributed by atoms with Crippen LogP contribution in [0.1, 0.15) is 38.3 Å². The Balaban J connectivity index is 1.56. The summed E-state index contributed by atoms with van der Waals surface area (Å²) in [5.41, 5.74) is 2.47. The number of rotatable bonds is 6. The van der Waals surface area contributed by atoms with Crippen molar-refractivity contribution in [2.45, 2.75) is 26.6 Å². The second kappa shape index (κ2) is 9.92. The van der Waals surface area contributed by atoms with Crippen molar-refractivity contribution in [2.75, 3.05) is 10.6 Å². The first-order valence-electron chi connectivity index (χ1n) is 10.9. The fourth-order valence-electron chi connectivity index (χ4n) is 3.52. The molecule has 7 nitrogen and oxygen atoms in total. The highest BCUT2D eigenvalue weighted by Crippen LogP contribution is 2.33. The van der Waals surface area contributed by atoms with Gasteiger partial charge in [-0.3, -0.25) is 4.79 Å². The lowest BCUT2D eigenvalue weighted by atomic mass is 10.0. The molecule has 182 valence electrons. The maximum absolute atomic E-state index is 13.5. The monoisotopic (exact) mass is 490 g/mol. The molecule has 0 aliphatic carbocycles. The van der Waals surface area contributed by atoms with Crippen LogP contribution in [0.15, 0.2) is 67.3 Å². The summed E-state index contributed by atoms with van der Waals surface area (Å²) in [7, 11) is 0. The van der Waals surface area contributed by atoms with Crippen molar-refractivity contribution in [1.82, 2.24) is 14.5 Å². The van der Waals surface area contributed by atoms with Crippen molar-refractivity contribution in [3.05, 3.63) is 101 Å². The third-order valence-corrected chi connectivity index (χ3v) is 5.48. The maximum atomic E-state index is 13.5. The van der Waals surface area contributed by atoms with Crippen LogP contribution < -0.4 is 10.6 Å². The van der Waals surface area contributed by atoms with E-state index in [4.69, 9.17) is 5.26 Å². The fourth-order valence-corrected chi connectivity index (χ4v) is 3.52. The number of aryl methyl sites for hydroxylation is 2. The zero-order chi connectivity index (χ0) is 25.9. The number of amides is 1. The highest BCUT2D eigenvalue weighted by Gasteiger charge is 2.31. The van der Waals surface area contributed by atoms with E-state index in [1.54, 1.807) is 43.5 Å². The molecule has 1 amide bonds. The number of carbonyl (C=O) groups excluding carboxylic acids is 1. The third kappa shape index (κ3) is 5.70. The molecule has 0 fully saturated rings. The van der Waals surface area contributed by atoms with E-state index < -0.39 is 17.6 Å². The van der Waals surface area contributed by atoms with E-state index in [0.717, 1.165) is 23.3 Å². The van der Waals surface area contributed by atoms with Crippen LogP contribution in [0.2, 0.25) is 0 Å². The molecule has 0 aliphatic rings. The average molecular weight is 490 g/mol. The molecule has 0 spiro atoms. The smallest absolute Gasteiger partial charge is 0.366 e. The number of nitrogens with one attached hydrogen (secondary N) is 2. The molecular formula is C26H21F3N6O. The van der Waals surface area contributed by atoms with Crippen molar-refractivity contribution in [2.24, 2.45) is 0 Å². The second-order valence-electron chi connectivity index (χ2n) is 8.18. The largest absolute Gasteiger partial charge is 0.416 e. The van der Waals surface area contributed by atoms with E-state index in [0.29, 0.717) is 29.2 Å². The average Bonchev–Trinajstić information content (AvgIpc) is 3.29. The van der Waals surface area contributed by atoms with Crippen LogP contribution in [0.25, 0.3) is 5.69 Å². The number of imidazole rings is 1. The van der Waals surface area contributed by atoms with Gasteiger partial charge < -0.3 is 15.2 Å². The van der Waals surface area contributed by atoms with Crippen LogP contribution in [0.4, 0.5) is 24.7 Å². The molecule has 2 N–H and O–H groups in total. The second-order valence-corrected chi connectivity index (χ2v) is 8.18. The Bertz CT molecular complexity index is 1450. The minimum absolute atomic E-state index is 0.0122. The van der Waals surface area contributed by atoms with Gasteiger partial charge in [0.2, 0.25) is 0 Å². The van der Waals surface area contributed by atoms with E-state index >= 15 is 0 Å². The summed E-state index contributed by atoms with van der Waals surface area (Å²) >= 11 is 0. The topological polar surface area (TPSA) is 95.6 Å². The van der Waals surface area contributed by atoms with E-state index in [-0.39, 0.29) is 11.4 Å². The lowest BCUT2D eigenvalue weighted by molar-refractivity contribution is -0.137. The highest BCUT2D eigenvalue weighted by atomic mass is 19.4. The first-order chi connectivity index (χ1) is 17.1. The zero-order valence-electron chi connectivity index (χ0n) is 19.4. The number of aromatic nitrogens is 3. The van der Waals surface area contributed by atoms with Gasteiger partial charge in [-0.1, -0.05) is 6.07 Å². The summed E-state index contributed by atoms with van der Waals surface area (Å²) in [5, 5.41) is 14.6. The van der Waals surface area contributed by atoms with Crippen LogP contribution in [-0.4, -0.2) is 20.4 Å². The van der Waals surface area contributed by atoms with E-state index in [1.807, 2.05) is 13.0 Å². The van der Waals surface area contributed by atoms with Crippen molar-refractivity contribution >= 4 is 17.4 Å². The van der Waals surface area contributed by atoms with Crippen molar-refractivity contribution in [3.63, 3.8) is 0 Å². The molecular weight excluding hydrogens is 469 g/mol. The summed E-state index contributed by atoms with van der Waals surface area (Å²) in [6.45, 7) is 3.98. The molecule has 0 bridgehead atoms. The SMILES string of the molecule is Cc1cn(-c2cc(NC(=O)c3ccc(C)c(CNc4ccc(C#N)cn4)c3)cc(C(F)(F)F)c2)cn1. The molecule has 0 atom stereocenters. The predicted octanol–water partition coefficient (Wildman–Crippen LogP) is 5.64. The van der Waals surface area contributed by atoms with Gasteiger partial charge in [0.25, 0.3) is 5.91 Å². The van der Waals surface area contributed by atoms with Gasteiger partial charge in [0.05, 0.1) is 23.1 Å². The molecule has 10 heteroatoms. The van der Waals surface area contributed by atoms with Crippen LogP contribution >= 0.6 is 0 Å². The zero-order valence-corrected chi connectivity index (χ0v) is 19.4. The molecule has 4 aromatic rings. The summed E-state index contributed by atoms with van der Waals surface area (Å²) < 4.78 is 42.0. The molecule has 0 unspecified atom stereocenters. The Morgan fingerprint density at radius 1 is 1.08 bits per heavy atom. The van der Waals surface area contributed by atoms with Crippen LogP contribution in [0.3, 0.4) is 0 Å². The maximum Gasteiger partial charge on any atom is 0.416 e. The Kier molecular flexibility index (Phi) is 6.74. The van der Waals surface area contributed by atoms with Gasteiger partial charge in [-0.25, -0.2) is 9.97 Å². The number of anilines is 2. The summed E-state index contributed by atoms with van der Waals surface area (Å²) in [6.07, 6.45) is -0.123. The number of alkyl halides is 3. The number of pyridine rings is 1. The van der Waals surface area contributed by atoms with Crippen molar-refractivity contribution in [3.8, 4) is 11.8 Å². The van der Waals surface area contributed by atoms with E-state index in [2.05, 4.69) is 20.6 Å². The van der Waals surface area contributed by atoms with Crippen LogP contribution in [-0.2, 0) is 12.7 Å². The number of nitrogens with zero attached hydrogens (tertiary/aromatic N) is 4. The molecule has 36 heavy (non-hydrogen) atoms. The first-order valence-corrected chi connectivity index (χ1v) is 10.9. The number of hydrogen-bond donors (Lipinski definition) is 2. The fraction of sp³-hybridized carbons (Fsp3) is 0.154. The van der Waals surface area contributed by atoms with Gasteiger partial charge in [0.1, 0.15) is 11.9 Å². The Morgan fingerprint density at radius 3 is 2.53 bits per heavy atom. The molecule has 0 saturated carbocycles. The van der Waals surface area contributed by atoms with Gasteiger partial charge in [0, 0.05) is 35.9 Å². The molecule has 2 aromatic heterocycles. The molecule has 2 heterocycles. The van der Waals surface area contributed by atoms with Crippen molar-refractivity contribution < 1.29 is 18.0 Å². The van der Waals surface area contributed by atoms with Gasteiger partial charge >= 0.3 is 6.18 Å². The van der Waals surface area contributed by atoms with Gasteiger partial charge in [0.15, 0.2) is 0 Å². The van der Waals surface area contributed by atoms with Gasteiger partial charge in [-0.05, 0) is 67.4 Å². The number of halogens is 3. The van der Waals surface area contributed by atoms with E-state index in [1.165, 1.54) is 23.2 Å². The van der Waals surface area contributed by atoms with Crippen molar-refractivity contribution in [1.29, 1.82) is 5.26 Å². The lowest BCUT2D eigenvalue weighted by Crippen LogP contribution is -2.15. The molecule has 0 aliphatic heterocycles. The standard InChI is InChI=1S/C26H21F3N6O/c1-16-3-5-19(7-20(16)13-32-24-6-4-18(11-30)12-31-24)25(36)34-22-8-21(26(27,28)29)9-23(10-22)35-14-17(2)33-15-35/h3-10,12,14-15H,13H2,1-2H3,(H,31,32)(H,34,36). The molecule has 0 saturated heterocycles. The van der Waals surface area contributed by atoms with Crippen LogP contribution in [0, 0.1) is 25.2 Å². The Morgan fingerprint density at radius 2 is 1.89 bits per heavy atom. The minimum Gasteiger partial charge on any atom is -0.366 e. The van der Waals surface area contributed by atoms with E-state index in [9.17, 15) is 18.0 Å². The summed E-state index contributed by atoms with van der Waals surface area (Å²) in [6, 6.07) is 13.7. The number of carbonyl (C=O) groups is 1. The van der Waals surface area contributed by atoms with Crippen LogP contribution in [0.5, 0.6) is 0 Å². The molecule has 0 radical (unpaired) electrons. The van der Waals surface area contributed by atoms with Gasteiger partial charge in [-0.15, -0.1) is 0 Å². The number of hydrogen-bond acceptors (Lipinski definition) is 5. The summed E-state index contributed by atoms with van der Waals surface area (Å²) in [4.78, 5) is 21.2. The number of benzene rings is 2. The Hall–Kier alpha value is -4.65. The summed E-state index contributed by atoms with van der Waals surface area (Å²) in [5.74, 6) is 0.0225. The first kappa shape index (κ1) is 24.5. The number of nitriles is 1. The van der Waals surface area contributed by atoms with Gasteiger partial charge in [-0.2, -0.15) is 18.4 Å².